The first-order valence-electron chi connectivity index (χ1n) is 8.80. The van der Waals surface area contributed by atoms with E-state index < -0.39 is 12.5 Å². The molecule has 2 rings (SSSR count). The summed E-state index contributed by atoms with van der Waals surface area (Å²) in [5.74, 6) is 0.321. The summed E-state index contributed by atoms with van der Waals surface area (Å²) in [7, 11) is 2.37. The number of nitrogens with zero attached hydrogens (tertiary/aromatic N) is 4. The Bertz CT molecular complexity index is 916. The molecular formula is C17H25N4O7P. The minimum Gasteiger partial charge on any atom is -0.477 e. The zero-order chi connectivity index (χ0) is 21.6. The first-order chi connectivity index (χ1) is 13.8. The quantitative estimate of drug-likeness (QED) is 0.299. The average molecular weight is 428 g/mol. The van der Waals surface area contributed by atoms with Gasteiger partial charge < -0.3 is 18.5 Å². The number of nitro benzene ring substituents is 1. The second-order valence-corrected chi connectivity index (χ2v) is 8.44. The molecule has 0 aliphatic heterocycles. The van der Waals surface area contributed by atoms with Gasteiger partial charge >= 0.3 is 7.60 Å². The predicted octanol–water partition coefficient (Wildman–Crippen LogP) is 2.86. The molecule has 160 valence electrons. The van der Waals surface area contributed by atoms with Gasteiger partial charge in [-0.3, -0.25) is 19.6 Å². The van der Waals surface area contributed by atoms with E-state index in [-0.39, 0.29) is 23.6 Å². The van der Waals surface area contributed by atoms with Gasteiger partial charge in [-0.1, -0.05) is 6.92 Å². The second kappa shape index (κ2) is 9.93. The number of rotatable bonds is 11. The zero-order valence-electron chi connectivity index (χ0n) is 17.1. The number of methoxy groups -OCH3 is 2. The lowest BCUT2D eigenvalue weighted by Crippen LogP contribution is -2.26. The molecule has 0 aliphatic carbocycles. The van der Waals surface area contributed by atoms with Crippen molar-refractivity contribution in [3.8, 4) is 11.8 Å². The lowest BCUT2D eigenvalue weighted by molar-refractivity contribution is -0.384. The summed E-state index contributed by atoms with van der Waals surface area (Å²) in [6, 6.07) is 2.80. The van der Waals surface area contributed by atoms with Crippen molar-refractivity contribution in [2.24, 2.45) is 0 Å². The summed E-state index contributed by atoms with van der Waals surface area (Å²) in [6.45, 7) is 3.27. The van der Waals surface area contributed by atoms with Crippen LogP contribution in [0.4, 0.5) is 5.69 Å². The van der Waals surface area contributed by atoms with Gasteiger partial charge in [-0.05, 0) is 6.54 Å². The van der Waals surface area contributed by atoms with Gasteiger partial charge in [-0.2, -0.15) is 0 Å². The number of hydrogen-bond acceptors (Lipinski definition) is 10. The first kappa shape index (κ1) is 23.0. The molecule has 29 heavy (non-hydrogen) atoms. The maximum absolute atomic E-state index is 12.3. The Hall–Kier alpha value is -2.33. The standard InChI is InChI=1S/C17H25N4O7P/c1-6-20(7-8-29(24,27-4)28-5)11-12-9-13(21(22)23)10-14-15(12)19-17(26-3)16(18-14)25-2/h9-10H,6-8,11H2,1-5H3. The van der Waals surface area contributed by atoms with Crippen molar-refractivity contribution in [1.82, 2.24) is 14.9 Å². The van der Waals surface area contributed by atoms with Gasteiger partial charge in [0.2, 0.25) is 0 Å². The van der Waals surface area contributed by atoms with Crippen LogP contribution in [-0.2, 0) is 20.2 Å². The molecule has 1 aromatic carbocycles. The van der Waals surface area contributed by atoms with Crippen LogP contribution in [0.1, 0.15) is 12.5 Å². The van der Waals surface area contributed by atoms with Crippen LogP contribution in [0.2, 0.25) is 0 Å². The molecule has 1 aromatic heterocycles. The van der Waals surface area contributed by atoms with Crippen molar-refractivity contribution < 1.29 is 28.0 Å². The van der Waals surface area contributed by atoms with Gasteiger partial charge in [-0.15, -0.1) is 0 Å². The van der Waals surface area contributed by atoms with Crippen molar-refractivity contribution in [2.75, 3.05) is 47.7 Å². The van der Waals surface area contributed by atoms with Gasteiger partial charge in [0, 0.05) is 45.0 Å². The Morgan fingerprint density at radius 2 is 1.72 bits per heavy atom. The maximum atomic E-state index is 12.3. The van der Waals surface area contributed by atoms with Crippen LogP contribution in [0.15, 0.2) is 12.1 Å². The molecule has 0 radical (unpaired) electrons. The third-order valence-corrected chi connectivity index (χ3v) is 6.32. The molecule has 1 heterocycles. The van der Waals surface area contributed by atoms with Crippen molar-refractivity contribution in [3.63, 3.8) is 0 Å². The number of ether oxygens (including phenoxy) is 2. The lowest BCUT2D eigenvalue weighted by atomic mass is 10.1. The summed E-state index contributed by atoms with van der Waals surface area (Å²) in [6.07, 6.45) is 0.184. The average Bonchev–Trinajstić information content (AvgIpc) is 2.74. The number of benzene rings is 1. The summed E-state index contributed by atoms with van der Waals surface area (Å²) >= 11 is 0. The van der Waals surface area contributed by atoms with Crippen LogP contribution < -0.4 is 9.47 Å². The van der Waals surface area contributed by atoms with Crippen molar-refractivity contribution in [1.29, 1.82) is 0 Å². The number of nitro groups is 1. The molecular weight excluding hydrogens is 403 g/mol. The van der Waals surface area contributed by atoms with Crippen LogP contribution >= 0.6 is 7.60 Å². The van der Waals surface area contributed by atoms with E-state index >= 15 is 0 Å². The number of hydrogen-bond donors (Lipinski definition) is 0. The van der Waals surface area contributed by atoms with Crippen LogP contribution in [0.3, 0.4) is 0 Å². The molecule has 12 heteroatoms. The van der Waals surface area contributed by atoms with E-state index in [1.165, 1.54) is 40.6 Å². The molecule has 0 saturated carbocycles. The second-order valence-electron chi connectivity index (χ2n) is 6.04. The molecule has 0 fully saturated rings. The highest BCUT2D eigenvalue weighted by atomic mass is 31.2. The Morgan fingerprint density at radius 3 is 2.24 bits per heavy atom. The number of fused-ring (bicyclic) bond motifs is 1. The SMILES string of the molecule is CCN(CCP(=O)(OC)OC)Cc1cc([N+](=O)[O-])cc2nc(OC)c(OC)nc12. The summed E-state index contributed by atoms with van der Waals surface area (Å²) in [5, 5.41) is 11.4. The molecule has 0 amide bonds. The number of non-ortho nitro benzene ring substituents is 1. The molecule has 0 bridgehead atoms. The van der Waals surface area contributed by atoms with E-state index in [1.807, 2.05) is 11.8 Å². The first-order valence-corrected chi connectivity index (χ1v) is 10.5. The molecule has 0 saturated heterocycles. The Kier molecular flexibility index (Phi) is 7.86. The highest BCUT2D eigenvalue weighted by Gasteiger charge is 2.23. The Balaban J connectivity index is 2.45. The van der Waals surface area contributed by atoms with E-state index in [1.54, 1.807) is 0 Å². The van der Waals surface area contributed by atoms with Gasteiger partial charge in [-0.25, -0.2) is 9.97 Å². The van der Waals surface area contributed by atoms with Crippen LogP contribution in [0, 0.1) is 10.1 Å². The minimum absolute atomic E-state index is 0.107. The van der Waals surface area contributed by atoms with Gasteiger partial charge in [0.1, 0.15) is 5.52 Å². The third kappa shape index (κ3) is 5.39. The largest absolute Gasteiger partial charge is 0.477 e. The predicted molar refractivity (Wildman–Crippen MR) is 107 cm³/mol. The smallest absolute Gasteiger partial charge is 0.331 e. The van der Waals surface area contributed by atoms with Crippen LogP contribution in [0.25, 0.3) is 11.0 Å². The maximum Gasteiger partial charge on any atom is 0.331 e. The van der Waals surface area contributed by atoms with Crippen molar-refractivity contribution >= 4 is 24.3 Å². The molecule has 2 aromatic rings. The van der Waals surface area contributed by atoms with E-state index in [0.29, 0.717) is 36.2 Å². The lowest BCUT2D eigenvalue weighted by Gasteiger charge is -2.23. The Labute approximate surface area is 168 Å². The molecule has 0 aliphatic rings. The van der Waals surface area contributed by atoms with Gasteiger partial charge in [0.15, 0.2) is 0 Å². The fourth-order valence-electron chi connectivity index (χ4n) is 2.79. The fourth-order valence-corrected chi connectivity index (χ4v) is 3.83. The monoisotopic (exact) mass is 428 g/mol. The normalized spacial score (nSPS) is 11.8. The molecule has 0 N–H and O–H groups in total. The van der Waals surface area contributed by atoms with E-state index in [0.717, 1.165) is 0 Å². The number of aromatic nitrogens is 2. The molecule has 0 atom stereocenters. The van der Waals surface area contributed by atoms with Crippen molar-refractivity contribution in [3.05, 3.63) is 27.8 Å². The molecule has 0 spiro atoms. The molecule has 11 nitrogen and oxygen atoms in total. The fraction of sp³-hybridized carbons (Fsp3) is 0.529. The highest BCUT2D eigenvalue weighted by molar-refractivity contribution is 7.53. The van der Waals surface area contributed by atoms with E-state index in [4.69, 9.17) is 18.5 Å². The van der Waals surface area contributed by atoms with Gasteiger partial charge in [0.05, 0.1) is 30.8 Å². The van der Waals surface area contributed by atoms with E-state index in [2.05, 4.69) is 9.97 Å². The third-order valence-electron chi connectivity index (χ3n) is 4.46. The van der Waals surface area contributed by atoms with Crippen molar-refractivity contribution in [2.45, 2.75) is 13.5 Å². The van der Waals surface area contributed by atoms with Crippen LogP contribution in [-0.4, -0.2) is 67.5 Å². The van der Waals surface area contributed by atoms with Gasteiger partial charge in [0.25, 0.3) is 17.4 Å². The highest BCUT2D eigenvalue weighted by Crippen LogP contribution is 2.46. The topological polar surface area (TPSA) is 126 Å². The molecule has 0 unspecified atom stereocenters. The van der Waals surface area contributed by atoms with Crippen LogP contribution in [0.5, 0.6) is 11.8 Å². The minimum atomic E-state index is -3.16. The summed E-state index contributed by atoms with van der Waals surface area (Å²) in [5.41, 5.74) is 1.27. The summed E-state index contributed by atoms with van der Waals surface area (Å²) < 4.78 is 32.6. The van der Waals surface area contributed by atoms with E-state index in [9.17, 15) is 14.7 Å². The zero-order valence-corrected chi connectivity index (χ0v) is 18.0. The summed E-state index contributed by atoms with van der Waals surface area (Å²) in [4.78, 5) is 21.6. The Morgan fingerprint density at radius 1 is 1.10 bits per heavy atom.